The third-order valence-electron chi connectivity index (χ3n) is 3.78. The van der Waals surface area contributed by atoms with Gasteiger partial charge in [-0.3, -0.25) is 4.79 Å². The van der Waals surface area contributed by atoms with Crippen LogP contribution in [0.1, 0.15) is 5.56 Å². The molecule has 1 saturated heterocycles. The third kappa shape index (κ3) is 3.51. The number of hydrogen-bond acceptors (Lipinski definition) is 4. The maximum Gasteiger partial charge on any atom is 0.229 e. The lowest BCUT2D eigenvalue weighted by Gasteiger charge is -2.24. The van der Waals surface area contributed by atoms with Crippen LogP contribution in [-0.4, -0.2) is 51.3 Å². The molecular formula is C15H21FN2O3. The molecule has 21 heavy (non-hydrogen) atoms. The first kappa shape index (κ1) is 15.7. The van der Waals surface area contributed by atoms with Crippen LogP contribution in [0.25, 0.3) is 0 Å². The summed E-state index contributed by atoms with van der Waals surface area (Å²) in [5.41, 5.74) is 0.726. The van der Waals surface area contributed by atoms with Crippen molar-refractivity contribution in [3.05, 3.63) is 29.6 Å². The van der Waals surface area contributed by atoms with Crippen LogP contribution < -0.4 is 10.1 Å². The lowest BCUT2D eigenvalue weighted by atomic mass is 10.0. The molecular weight excluding hydrogens is 275 g/mol. The quantitative estimate of drug-likeness (QED) is 0.881. The molecule has 2 rings (SSSR count). The van der Waals surface area contributed by atoms with Gasteiger partial charge in [-0.05, 0) is 24.7 Å². The van der Waals surface area contributed by atoms with Gasteiger partial charge in [-0.1, -0.05) is 6.07 Å². The number of hydrogen-bond donors (Lipinski definition) is 1. The van der Waals surface area contributed by atoms with E-state index in [-0.39, 0.29) is 23.6 Å². The zero-order valence-corrected chi connectivity index (χ0v) is 12.6. The van der Waals surface area contributed by atoms with Gasteiger partial charge in [-0.25, -0.2) is 4.39 Å². The zero-order valence-electron chi connectivity index (χ0n) is 12.6. The van der Waals surface area contributed by atoms with Crippen molar-refractivity contribution in [1.29, 1.82) is 0 Å². The smallest absolute Gasteiger partial charge is 0.229 e. The molecule has 0 radical (unpaired) electrons. The molecule has 0 saturated carbocycles. The first-order chi connectivity index (χ1) is 10.1. The summed E-state index contributed by atoms with van der Waals surface area (Å²) in [6.07, 6.45) is 0. The van der Waals surface area contributed by atoms with E-state index in [4.69, 9.17) is 9.47 Å². The largest absolute Gasteiger partial charge is 0.494 e. The van der Waals surface area contributed by atoms with Crippen LogP contribution in [0.5, 0.6) is 5.75 Å². The Morgan fingerprint density at radius 1 is 1.52 bits per heavy atom. The lowest BCUT2D eigenvalue weighted by Crippen LogP contribution is -2.43. The summed E-state index contributed by atoms with van der Waals surface area (Å²) in [5.74, 6) is -0.411. The molecule has 0 bridgehead atoms. The summed E-state index contributed by atoms with van der Waals surface area (Å²) in [4.78, 5) is 14.0. The standard InChI is InChI=1S/C15H21FN2O3/c1-17-13-9-21-8-11(13)15(19)18(2)7-10-4-5-14(20-3)12(16)6-10/h4-6,11,13,17H,7-9H2,1-3H3. The van der Waals surface area contributed by atoms with Crippen LogP contribution in [0.3, 0.4) is 0 Å². The Hall–Kier alpha value is -1.66. The van der Waals surface area contributed by atoms with Crippen molar-refractivity contribution in [1.82, 2.24) is 10.2 Å². The van der Waals surface area contributed by atoms with Crippen LogP contribution in [0.4, 0.5) is 4.39 Å². The van der Waals surface area contributed by atoms with Crippen molar-refractivity contribution in [2.45, 2.75) is 12.6 Å². The van der Waals surface area contributed by atoms with Crippen LogP contribution in [-0.2, 0) is 16.1 Å². The number of benzene rings is 1. The number of nitrogens with zero attached hydrogens (tertiary/aromatic N) is 1. The Morgan fingerprint density at radius 2 is 2.29 bits per heavy atom. The highest BCUT2D eigenvalue weighted by molar-refractivity contribution is 5.79. The van der Waals surface area contributed by atoms with Gasteiger partial charge < -0.3 is 19.7 Å². The second-order valence-electron chi connectivity index (χ2n) is 5.20. The highest BCUT2D eigenvalue weighted by atomic mass is 19.1. The molecule has 1 heterocycles. The summed E-state index contributed by atoms with van der Waals surface area (Å²) in [6, 6.07) is 4.75. The van der Waals surface area contributed by atoms with E-state index in [1.165, 1.54) is 13.2 Å². The van der Waals surface area contributed by atoms with Crippen molar-refractivity contribution in [2.75, 3.05) is 34.4 Å². The number of rotatable bonds is 5. The van der Waals surface area contributed by atoms with E-state index in [0.717, 1.165) is 5.56 Å². The first-order valence-electron chi connectivity index (χ1n) is 6.89. The Morgan fingerprint density at radius 3 is 2.90 bits per heavy atom. The van der Waals surface area contributed by atoms with E-state index in [2.05, 4.69) is 5.32 Å². The number of methoxy groups -OCH3 is 1. The summed E-state index contributed by atoms with van der Waals surface area (Å²) in [6.45, 7) is 1.32. The number of amides is 1. The molecule has 1 N–H and O–H groups in total. The molecule has 2 atom stereocenters. The maximum absolute atomic E-state index is 13.7. The van der Waals surface area contributed by atoms with E-state index in [1.807, 2.05) is 7.05 Å². The van der Waals surface area contributed by atoms with Crippen LogP contribution >= 0.6 is 0 Å². The average Bonchev–Trinajstić information content (AvgIpc) is 2.95. The van der Waals surface area contributed by atoms with Crippen LogP contribution in [0.15, 0.2) is 18.2 Å². The van der Waals surface area contributed by atoms with Crippen molar-refractivity contribution in [2.24, 2.45) is 5.92 Å². The van der Waals surface area contributed by atoms with Crippen LogP contribution in [0.2, 0.25) is 0 Å². The van der Waals surface area contributed by atoms with Gasteiger partial charge >= 0.3 is 0 Å². The van der Waals surface area contributed by atoms with Gasteiger partial charge in [0, 0.05) is 19.6 Å². The Bertz CT molecular complexity index is 510. The molecule has 1 amide bonds. The molecule has 0 aliphatic carbocycles. The maximum atomic E-state index is 13.7. The molecule has 116 valence electrons. The Labute approximate surface area is 124 Å². The van der Waals surface area contributed by atoms with Crippen molar-refractivity contribution >= 4 is 5.91 Å². The number of carbonyl (C=O) groups excluding carboxylic acids is 1. The Balaban J connectivity index is 2.02. The fourth-order valence-electron chi connectivity index (χ4n) is 2.53. The molecule has 1 fully saturated rings. The fourth-order valence-corrected chi connectivity index (χ4v) is 2.53. The predicted octanol–water partition coefficient (Wildman–Crippen LogP) is 1.03. The molecule has 1 aromatic rings. The minimum absolute atomic E-state index is 0.00285. The van der Waals surface area contributed by atoms with Gasteiger partial charge in [-0.15, -0.1) is 0 Å². The zero-order chi connectivity index (χ0) is 15.4. The Kier molecular flexibility index (Phi) is 5.14. The van der Waals surface area contributed by atoms with Gasteiger partial charge in [0.1, 0.15) is 0 Å². The van der Waals surface area contributed by atoms with E-state index in [0.29, 0.717) is 19.8 Å². The van der Waals surface area contributed by atoms with E-state index < -0.39 is 5.82 Å². The van der Waals surface area contributed by atoms with Crippen molar-refractivity contribution in [3.8, 4) is 5.75 Å². The minimum Gasteiger partial charge on any atom is -0.494 e. The first-order valence-corrected chi connectivity index (χ1v) is 6.89. The molecule has 1 aromatic carbocycles. The summed E-state index contributed by atoms with van der Waals surface area (Å²) in [5, 5.41) is 3.09. The van der Waals surface area contributed by atoms with Gasteiger partial charge in [0.2, 0.25) is 5.91 Å². The van der Waals surface area contributed by atoms with Gasteiger partial charge in [0.05, 0.1) is 26.2 Å². The second-order valence-corrected chi connectivity index (χ2v) is 5.20. The normalized spacial score (nSPS) is 21.3. The fraction of sp³-hybridized carbons (Fsp3) is 0.533. The lowest BCUT2D eigenvalue weighted by molar-refractivity contribution is -0.135. The molecule has 6 heteroatoms. The highest BCUT2D eigenvalue weighted by Gasteiger charge is 2.34. The van der Waals surface area contributed by atoms with Crippen molar-refractivity contribution in [3.63, 3.8) is 0 Å². The number of carbonyl (C=O) groups is 1. The number of ether oxygens (including phenoxy) is 2. The van der Waals surface area contributed by atoms with E-state index in [9.17, 15) is 9.18 Å². The monoisotopic (exact) mass is 296 g/mol. The van der Waals surface area contributed by atoms with E-state index >= 15 is 0 Å². The average molecular weight is 296 g/mol. The van der Waals surface area contributed by atoms with Gasteiger partial charge in [0.15, 0.2) is 11.6 Å². The number of halogens is 1. The highest BCUT2D eigenvalue weighted by Crippen LogP contribution is 2.20. The molecule has 0 spiro atoms. The van der Waals surface area contributed by atoms with Gasteiger partial charge in [0.25, 0.3) is 0 Å². The van der Waals surface area contributed by atoms with Crippen LogP contribution in [0, 0.1) is 11.7 Å². The molecule has 5 nitrogen and oxygen atoms in total. The topological polar surface area (TPSA) is 50.8 Å². The number of likely N-dealkylation sites (N-methyl/N-ethyl adjacent to an activating group) is 1. The summed E-state index contributed by atoms with van der Waals surface area (Å²) < 4.78 is 23.9. The third-order valence-corrected chi connectivity index (χ3v) is 3.78. The minimum atomic E-state index is -0.423. The molecule has 2 unspecified atom stereocenters. The summed E-state index contributed by atoms with van der Waals surface area (Å²) in [7, 11) is 4.96. The molecule has 1 aliphatic rings. The predicted molar refractivity (Wildman–Crippen MR) is 76.6 cm³/mol. The SMILES string of the molecule is CNC1COCC1C(=O)N(C)Cc1ccc(OC)c(F)c1. The summed E-state index contributed by atoms with van der Waals surface area (Å²) >= 11 is 0. The second kappa shape index (κ2) is 6.87. The number of nitrogens with one attached hydrogen (secondary N) is 1. The molecule has 0 aromatic heterocycles. The molecule has 1 aliphatic heterocycles. The van der Waals surface area contributed by atoms with Gasteiger partial charge in [-0.2, -0.15) is 0 Å². The van der Waals surface area contributed by atoms with Crippen molar-refractivity contribution < 1.29 is 18.7 Å². The van der Waals surface area contributed by atoms with E-state index in [1.54, 1.807) is 24.1 Å².